The van der Waals surface area contributed by atoms with Crippen LogP contribution in [0.25, 0.3) is 5.57 Å². The molecule has 1 N–H and O–H groups in total. The molecule has 0 aliphatic carbocycles. The summed E-state index contributed by atoms with van der Waals surface area (Å²) in [6.07, 6.45) is 7.46. The van der Waals surface area contributed by atoms with Gasteiger partial charge in [-0.05, 0) is 47.5 Å². The summed E-state index contributed by atoms with van der Waals surface area (Å²) in [4.78, 5) is 12.1. The maximum atomic E-state index is 12.1. The SMILES string of the molecule is C=C/C=C(\C=C\CC#N)c1ccc(OC(=O)c2ccc(O)cc2)cc1. The van der Waals surface area contributed by atoms with Crippen molar-refractivity contribution in [3.63, 3.8) is 0 Å². The molecule has 0 aromatic heterocycles. The van der Waals surface area contributed by atoms with Crippen LogP contribution in [0.15, 0.2) is 79.4 Å². The Hall–Kier alpha value is -3.58. The molecule has 0 amide bonds. The number of allylic oxidation sites excluding steroid dienone is 5. The topological polar surface area (TPSA) is 70.3 Å². The van der Waals surface area contributed by atoms with Crippen molar-refractivity contribution >= 4 is 11.5 Å². The van der Waals surface area contributed by atoms with Crippen LogP contribution < -0.4 is 4.74 Å². The number of nitrogens with zero attached hydrogens (tertiary/aromatic N) is 1. The molecule has 0 saturated carbocycles. The number of carbonyl (C=O) groups excluding carboxylic acids is 1. The molecule has 0 aliphatic heterocycles. The quantitative estimate of drug-likeness (QED) is 0.475. The molecular weight excluding hydrogens is 314 g/mol. The highest BCUT2D eigenvalue weighted by Gasteiger charge is 2.08. The number of ether oxygens (including phenoxy) is 1. The van der Waals surface area contributed by atoms with Crippen molar-refractivity contribution in [3.05, 3.63) is 90.5 Å². The number of esters is 1. The van der Waals surface area contributed by atoms with Crippen molar-refractivity contribution in [2.45, 2.75) is 6.42 Å². The molecule has 0 radical (unpaired) electrons. The lowest BCUT2D eigenvalue weighted by Gasteiger charge is -2.07. The van der Waals surface area contributed by atoms with Gasteiger partial charge >= 0.3 is 5.97 Å². The number of hydrogen-bond acceptors (Lipinski definition) is 4. The molecule has 4 nitrogen and oxygen atoms in total. The fraction of sp³-hybridized carbons (Fsp3) is 0.0476. The molecule has 0 aliphatic rings. The van der Waals surface area contributed by atoms with Crippen LogP contribution in [0.1, 0.15) is 22.3 Å². The number of nitriles is 1. The first-order chi connectivity index (χ1) is 12.1. The Labute approximate surface area is 146 Å². The molecule has 2 aromatic rings. The second-order valence-corrected chi connectivity index (χ2v) is 5.08. The Balaban J connectivity index is 2.11. The molecule has 0 heterocycles. The van der Waals surface area contributed by atoms with E-state index >= 15 is 0 Å². The Morgan fingerprint density at radius 1 is 1.12 bits per heavy atom. The van der Waals surface area contributed by atoms with Gasteiger partial charge in [-0.25, -0.2) is 4.79 Å². The van der Waals surface area contributed by atoms with Crippen LogP contribution in [0, 0.1) is 11.3 Å². The van der Waals surface area contributed by atoms with E-state index in [9.17, 15) is 9.90 Å². The van der Waals surface area contributed by atoms with Crippen molar-refractivity contribution in [1.82, 2.24) is 0 Å². The van der Waals surface area contributed by atoms with Crippen LogP contribution in [0.4, 0.5) is 0 Å². The van der Waals surface area contributed by atoms with Crippen molar-refractivity contribution in [2.75, 3.05) is 0 Å². The third-order valence-electron chi connectivity index (χ3n) is 3.31. The summed E-state index contributed by atoms with van der Waals surface area (Å²) in [7, 11) is 0. The van der Waals surface area contributed by atoms with E-state index < -0.39 is 5.97 Å². The summed E-state index contributed by atoms with van der Waals surface area (Å²) >= 11 is 0. The molecule has 0 fully saturated rings. The maximum Gasteiger partial charge on any atom is 0.343 e. The molecule has 0 bridgehead atoms. The summed E-state index contributed by atoms with van der Waals surface area (Å²) in [6.45, 7) is 3.69. The number of aromatic hydroxyl groups is 1. The van der Waals surface area contributed by atoms with Gasteiger partial charge in [0.1, 0.15) is 11.5 Å². The van der Waals surface area contributed by atoms with Crippen LogP contribution in [-0.4, -0.2) is 11.1 Å². The minimum absolute atomic E-state index is 0.0897. The van der Waals surface area contributed by atoms with Gasteiger partial charge in [0.2, 0.25) is 0 Å². The average Bonchev–Trinajstić information content (AvgIpc) is 2.62. The minimum Gasteiger partial charge on any atom is -0.508 e. The molecule has 124 valence electrons. The van der Waals surface area contributed by atoms with E-state index in [-0.39, 0.29) is 5.75 Å². The van der Waals surface area contributed by atoms with E-state index in [0.29, 0.717) is 17.7 Å². The van der Waals surface area contributed by atoms with Gasteiger partial charge in [0.15, 0.2) is 0 Å². The Bertz CT molecular complexity index is 838. The molecule has 25 heavy (non-hydrogen) atoms. The Morgan fingerprint density at radius 3 is 2.36 bits per heavy atom. The first kappa shape index (κ1) is 17.8. The molecule has 2 aromatic carbocycles. The van der Waals surface area contributed by atoms with Crippen LogP contribution in [0.5, 0.6) is 11.5 Å². The number of hydrogen-bond donors (Lipinski definition) is 1. The van der Waals surface area contributed by atoms with Gasteiger partial charge in [0, 0.05) is 0 Å². The maximum absolute atomic E-state index is 12.1. The van der Waals surface area contributed by atoms with Crippen molar-refractivity contribution in [2.24, 2.45) is 0 Å². The van der Waals surface area contributed by atoms with Crippen molar-refractivity contribution in [3.8, 4) is 17.6 Å². The zero-order valence-corrected chi connectivity index (χ0v) is 13.6. The summed E-state index contributed by atoms with van der Waals surface area (Å²) in [5, 5.41) is 17.8. The van der Waals surface area contributed by atoms with Crippen LogP contribution in [0.2, 0.25) is 0 Å². The number of rotatable bonds is 6. The van der Waals surface area contributed by atoms with Gasteiger partial charge in [-0.3, -0.25) is 0 Å². The molecule has 0 saturated heterocycles. The second-order valence-electron chi connectivity index (χ2n) is 5.08. The van der Waals surface area contributed by atoms with Gasteiger partial charge < -0.3 is 9.84 Å². The standard InChI is InChI=1S/C21H17NO3/c1-2-5-16(6-3-4-15-22)17-9-13-20(14-10-17)25-21(24)18-7-11-19(23)12-8-18/h2-3,5-14,23H,1,4H2/b6-3+,16-5+. The molecule has 0 unspecified atom stereocenters. The predicted molar refractivity (Wildman–Crippen MR) is 97.1 cm³/mol. The monoisotopic (exact) mass is 331 g/mol. The predicted octanol–water partition coefficient (Wildman–Crippen LogP) is 4.65. The molecule has 4 heteroatoms. The summed E-state index contributed by atoms with van der Waals surface area (Å²) < 4.78 is 5.31. The number of phenols is 1. The average molecular weight is 331 g/mol. The van der Waals surface area contributed by atoms with E-state index in [1.807, 2.05) is 24.3 Å². The lowest BCUT2D eigenvalue weighted by Crippen LogP contribution is -2.08. The highest BCUT2D eigenvalue weighted by molar-refractivity contribution is 5.91. The van der Waals surface area contributed by atoms with Gasteiger partial charge in [0.25, 0.3) is 0 Å². The van der Waals surface area contributed by atoms with Crippen LogP contribution in [-0.2, 0) is 0 Å². The minimum atomic E-state index is -0.497. The Kier molecular flexibility index (Phi) is 6.32. The van der Waals surface area contributed by atoms with Crippen molar-refractivity contribution < 1.29 is 14.6 Å². The third kappa shape index (κ3) is 5.22. The van der Waals surface area contributed by atoms with Gasteiger partial charge in [-0.15, -0.1) is 0 Å². The normalized spacial score (nSPS) is 11.1. The number of carbonyl (C=O) groups is 1. The van der Waals surface area contributed by atoms with Gasteiger partial charge in [-0.1, -0.05) is 43.0 Å². The van der Waals surface area contributed by atoms with E-state index in [1.165, 1.54) is 24.3 Å². The Morgan fingerprint density at radius 2 is 1.76 bits per heavy atom. The highest BCUT2D eigenvalue weighted by atomic mass is 16.5. The van der Waals surface area contributed by atoms with E-state index in [1.54, 1.807) is 24.3 Å². The largest absolute Gasteiger partial charge is 0.508 e. The summed E-state index contributed by atoms with van der Waals surface area (Å²) in [5.74, 6) is 0.0104. The number of benzene rings is 2. The second kappa shape index (κ2) is 8.90. The lowest BCUT2D eigenvalue weighted by molar-refractivity contribution is 0.0735. The molecule has 0 atom stereocenters. The van der Waals surface area contributed by atoms with E-state index in [2.05, 4.69) is 12.6 Å². The van der Waals surface area contributed by atoms with E-state index in [0.717, 1.165) is 11.1 Å². The molecular formula is C21H17NO3. The fourth-order valence-corrected chi connectivity index (χ4v) is 2.09. The lowest BCUT2D eigenvalue weighted by atomic mass is 10.0. The van der Waals surface area contributed by atoms with Crippen LogP contribution in [0.3, 0.4) is 0 Å². The zero-order valence-electron chi connectivity index (χ0n) is 13.6. The van der Waals surface area contributed by atoms with Crippen LogP contribution >= 0.6 is 0 Å². The van der Waals surface area contributed by atoms with Gasteiger partial charge in [0.05, 0.1) is 18.1 Å². The summed E-state index contributed by atoms with van der Waals surface area (Å²) in [6, 6.07) is 15.0. The fourth-order valence-electron chi connectivity index (χ4n) is 2.09. The van der Waals surface area contributed by atoms with Gasteiger partial charge in [-0.2, -0.15) is 5.26 Å². The van der Waals surface area contributed by atoms with E-state index in [4.69, 9.17) is 10.00 Å². The third-order valence-corrected chi connectivity index (χ3v) is 3.31. The first-order valence-corrected chi connectivity index (χ1v) is 7.62. The molecule has 2 rings (SSSR count). The number of phenolic OH excluding ortho intramolecular Hbond substituents is 1. The highest BCUT2D eigenvalue weighted by Crippen LogP contribution is 2.21. The first-order valence-electron chi connectivity index (χ1n) is 7.62. The molecule has 0 spiro atoms. The summed E-state index contributed by atoms with van der Waals surface area (Å²) in [5.41, 5.74) is 2.17. The zero-order chi connectivity index (χ0) is 18.1. The smallest absolute Gasteiger partial charge is 0.343 e. The van der Waals surface area contributed by atoms with Crippen molar-refractivity contribution in [1.29, 1.82) is 5.26 Å².